The number of nitrogens with zero attached hydrogens (tertiary/aromatic N) is 1. The Kier molecular flexibility index (Phi) is 1.56. The van der Waals surface area contributed by atoms with E-state index in [1.165, 1.54) is 0 Å². The van der Waals surface area contributed by atoms with Gasteiger partial charge in [0.2, 0.25) is 0 Å². The van der Waals surface area contributed by atoms with Crippen molar-refractivity contribution in [2.75, 3.05) is 19.3 Å². The second-order valence-corrected chi connectivity index (χ2v) is 5.82. The monoisotopic (exact) mass is 163 g/mol. The molecule has 0 saturated carbocycles. The van der Waals surface area contributed by atoms with Gasteiger partial charge in [0.15, 0.2) is 9.84 Å². The van der Waals surface area contributed by atoms with Gasteiger partial charge in [0.25, 0.3) is 0 Å². The van der Waals surface area contributed by atoms with E-state index in [4.69, 9.17) is 0 Å². The van der Waals surface area contributed by atoms with E-state index < -0.39 is 14.7 Å². The Labute approximate surface area is 61.9 Å². The fraction of sp³-hybridized carbons (Fsp3) is 1.00. The Morgan fingerprint density at radius 2 is 1.90 bits per heavy atom. The summed E-state index contributed by atoms with van der Waals surface area (Å²) in [5.41, 5.74) is 0. The Bertz CT molecular complexity index is 230. The molecule has 3 nitrogen and oxygen atoms in total. The Balaban J connectivity index is 3.08. The normalized spacial score (nSPS) is 30.7. The SMILES string of the molecule is CN1CCS(=O)(=O)C1(C)C. The lowest BCUT2D eigenvalue weighted by Crippen LogP contribution is -2.39. The van der Waals surface area contributed by atoms with Crippen molar-refractivity contribution in [2.24, 2.45) is 0 Å². The molecule has 0 bridgehead atoms. The van der Waals surface area contributed by atoms with Crippen molar-refractivity contribution < 1.29 is 8.42 Å². The minimum absolute atomic E-state index is 0.302. The molecule has 10 heavy (non-hydrogen) atoms. The lowest BCUT2D eigenvalue weighted by atomic mass is 10.3. The van der Waals surface area contributed by atoms with Crippen molar-refractivity contribution in [1.82, 2.24) is 4.90 Å². The molecule has 0 spiro atoms. The van der Waals surface area contributed by atoms with E-state index in [2.05, 4.69) is 0 Å². The minimum Gasteiger partial charge on any atom is -0.287 e. The summed E-state index contributed by atoms with van der Waals surface area (Å²) in [5, 5.41) is 0. The average Bonchev–Trinajstić information content (AvgIpc) is 1.94. The van der Waals surface area contributed by atoms with E-state index in [9.17, 15) is 8.42 Å². The topological polar surface area (TPSA) is 37.4 Å². The molecule has 0 aromatic heterocycles. The molecule has 0 unspecified atom stereocenters. The zero-order chi connectivity index (χ0) is 7.99. The van der Waals surface area contributed by atoms with Crippen molar-refractivity contribution >= 4 is 9.84 Å². The predicted octanol–water partition coefficient (Wildman–Crippen LogP) is 0.0827. The van der Waals surface area contributed by atoms with Gasteiger partial charge in [-0.15, -0.1) is 0 Å². The molecule has 1 aliphatic rings. The molecule has 0 amide bonds. The highest BCUT2D eigenvalue weighted by Crippen LogP contribution is 2.26. The fourth-order valence-corrected chi connectivity index (χ4v) is 2.59. The number of rotatable bonds is 0. The Morgan fingerprint density at radius 3 is 2.00 bits per heavy atom. The maximum Gasteiger partial charge on any atom is 0.169 e. The molecule has 0 radical (unpaired) electrons. The van der Waals surface area contributed by atoms with Crippen LogP contribution in [0.15, 0.2) is 0 Å². The van der Waals surface area contributed by atoms with Gasteiger partial charge in [0.05, 0.1) is 5.75 Å². The summed E-state index contributed by atoms with van der Waals surface area (Å²) in [6.45, 7) is 4.15. The van der Waals surface area contributed by atoms with Gasteiger partial charge >= 0.3 is 0 Å². The van der Waals surface area contributed by atoms with E-state index in [1.54, 1.807) is 13.8 Å². The molecule has 1 heterocycles. The van der Waals surface area contributed by atoms with Crippen LogP contribution in [0, 0.1) is 0 Å². The molecule has 0 aromatic rings. The Hall–Kier alpha value is -0.0900. The highest BCUT2D eigenvalue weighted by molar-refractivity contribution is 7.92. The first-order valence-corrected chi connectivity index (χ1v) is 4.97. The summed E-state index contributed by atoms with van der Waals surface area (Å²) in [7, 11) is -1.01. The van der Waals surface area contributed by atoms with Crippen LogP contribution in [0.3, 0.4) is 0 Å². The second kappa shape index (κ2) is 1.95. The molecule has 0 aliphatic carbocycles. The lowest BCUT2D eigenvalue weighted by molar-refractivity contribution is 0.270. The highest BCUT2D eigenvalue weighted by Gasteiger charge is 2.43. The van der Waals surface area contributed by atoms with Crippen molar-refractivity contribution in [2.45, 2.75) is 18.7 Å². The first-order chi connectivity index (χ1) is 4.38. The first kappa shape index (κ1) is 8.01. The number of hydrogen-bond donors (Lipinski definition) is 0. The third-order valence-electron chi connectivity index (χ3n) is 2.38. The van der Waals surface area contributed by atoms with Crippen LogP contribution in [0.1, 0.15) is 13.8 Å². The van der Waals surface area contributed by atoms with E-state index in [-0.39, 0.29) is 0 Å². The third-order valence-corrected chi connectivity index (χ3v) is 4.93. The predicted molar refractivity (Wildman–Crippen MR) is 40.5 cm³/mol. The van der Waals surface area contributed by atoms with Crippen molar-refractivity contribution in [3.63, 3.8) is 0 Å². The van der Waals surface area contributed by atoms with Crippen molar-refractivity contribution in [3.8, 4) is 0 Å². The summed E-state index contributed by atoms with van der Waals surface area (Å²) in [6.07, 6.45) is 0. The molecule has 0 aromatic carbocycles. The van der Waals surface area contributed by atoms with Gasteiger partial charge < -0.3 is 0 Å². The quantitative estimate of drug-likeness (QED) is 0.507. The summed E-state index contributed by atoms with van der Waals surface area (Å²) in [5.74, 6) is 0.302. The molecule has 1 aliphatic heterocycles. The second-order valence-electron chi connectivity index (χ2n) is 3.19. The summed E-state index contributed by atoms with van der Waals surface area (Å²) < 4.78 is 22.5. The fourth-order valence-electron chi connectivity index (χ4n) is 1.01. The molecule has 60 valence electrons. The van der Waals surface area contributed by atoms with Gasteiger partial charge in [0.1, 0.15) is 4.87 Å². The van der Waals surface area contributed by atoms with Crippen LogP contribution in [0.5, 0.6) is 0 Å². The molecule has 4 heteroatoms. The first-order valence-electron chi connectivity index (χ1n) is 3.31. The maximum atomic E-state index is 11.3. The van der Waals surface area contributed by atoms with Crippen LogP contribution < -0.4 is 0 Å². The summed E-state index contributed by atoms with van der Waals surface area (Å²) >= 11 is 0. The van der Waals surface area contributed by atoms with Gasteiger partial charge in [-0.2, -0.15) is 0 Å². The Morgan fingerprint density at radius 1 is 1.40 bits per heavy atom. The molecule has 1 fully saturated rings. The van der Waals surface area contributed by atoms with Gasteiger partial charge in [-0.3, -0.25) is 4.90 Å². The van der Waals surface area contributed by atoms with Crippen LogP contribution in [0.4, 0.5) is 0 Å². The van der Waals surface area contributed by atoms with Crippen LogP contribution in [0.25, 0.3) is 0 Å². The van der Waals surface area contributed by atoms with Gasteiger partial charge in [0, 0.05) is 6.54 Å². The number of hydrogen-bond acceptors (Lipinski definition) is 3. The third kappa shape index (κ3) is 0.864. The van der Waals surface area contributed by atoms with E-state index >= 15 is 0 Å². The molecule has 0 N–H and O–H groups in total. The molecular weight excluding hydrogens is 150 g/mol. The van der Waals surface area contributed by atoms with Crippen LogP contribution >= 0.6 is 0 Å². The van der Waals surface area contributed by atoms with Crippen LogP contribution in [0.2, 0.25) is 0 Å². The van der Waals surface area contributed by atoms with E-state index in [0.717, 1.165) is 0 Å². The smallest absolute Gasteiger partial charge is 0.169 e. The molecule has 0 atom stereocenters. The molecular formula is C6H13NO2S. The minimum atomic E-state index is -2.85. The van der Waals surface area contributed by atoms with Crippen LogP contribution in [-0.4, -0.2) is 37.5 Å². The molecule has 1 saturated heterocycles. The van der Waals surface area contributed by atoms with Crippen molar-refractivity contribution in [3.05, 3.63) is 0 Å². The molecule has 1 rings (SSSR count). The summed E-state index contributed by atoms with van der Waals surface area (Å²) in [4.78, 5) is 1.22. The van der Waals surface area contributed by atoms with E-state index in [0.29, 0.717) is 12.3 Å². The zero-order valence-electron chi connectivity index (χ0n) is 6.59. The maximum absolute atomic E-state index is 11.3. The lowest BCUT2D eigenvalue weighted by Gasteiger charge is -2.25. The van der Waals surface area contributed by atoms with Crippen LogP contribution in [-0.2, 0) is 9.84 Å². The number of sulfone groups is 1. The van der Waals surface area contributed by atoms with Gasteiger partial charge in [-0.05, 0) is 20.9 Å². The van der Waals surface area contributed by atoms with E-state index in [1.807, 2.05) is 11.9 Å². The highest BCUT2D eigenvalue weighted by atomic mass is 32.2. The van der Waals surface area contributed by atoms with Gasteiger partial charge in [-0.25, -0.2) is 8.42 Å². The summed E-state index contributed by atoms with van der Waals surface area (Å²) in [6, 6.07) is 0. The standard InChI is InChI=1S/C6H13NO2S/c1-6(2)7(3)4-5-10(6,8)9/h4-5H2,1-3H3. The zero-order valence-corrected chi connectivity index (χ0v) is 7.40. The van der Waals surface area contributed by atoms with Crippen molar-refractivity contribution in [1.29, 1.82) is 0 Å². The average molecular weight is 163 g/mol. The largest absolute Gasteiger partial charge is 0.287 e. The van der Waals surface area contributed by atoms with Gasteiger partial charge in [-0.1, -0.05) is 0 Å².